The highest BCUT2D eigenvalue weighted by atomic mass is 16.6. The summed E-state index contributed by atoms with van der Waals surface area (Å²) in [6, 6.07) is 0. The molecule has 1 fully saturated rings. The van der Waals surface area contributed by atoms with Crippen LogP contribution in [-0.4, -0.2) is 24.1 Å². The van der Waals surface area contributed by atoms with Gasteiger partial charge in [-0.3, -0.25) is 0 Å². The monoisotopic (exact) mass is 284 g/mol. The fourth-order valence-corrected chi connectivity index (χ4v) is 2.16. The highest BCUT2D eigenvalue weighted by Crippen LogP contribution is 2.30. The average Bonchev–Trinajstić information content (AvgIpc) is 2.35. The molecule has 4 N–H and O–H groups in total. The van der Waals surface area contributed by atoms with Crippen LogP contribution in [0.5, 0.6) is 0 Å². The minimum atomic E-state index is -1.28. The summed E-state index contributed by atoms with van der Waals surface area (Å²) >= 11 is 0. The topological polar surface area (TPSA) is 139 Å². The summed E-state index contributed by atoms with van der Waals surface area (Å²) in [7, 11) is 0. The Hall–Kier alpha value is -2.38. The van der Waals surface area contributed by atoms with E-state index < -0.39 is 24.1 Å². The molecular weight excluding hydrogens is 268 g/mol. The second kappa shape index (κ2) is 7.27. The van der Waals surface area contributed by atoms with Gasteiger partial charge >= 0.3 is 24.1 Å². The van der Waals surface area contributed by atoms with E-state index in [0.29, 0.717) is 12.8 Å². The first kappa shape index (κ1) is 15.7. The first-order valence-corrected chi connectivity index (χ1v) is 6.14. The zero-order valence-electron chi connectivity index (χ0n) is 10.8. The van der Waals surface area contributed by atoms with Gasteiger partial charge in [0.2, 0.25) is 0 Å². The third-order valence-electron chi connectivity index (χ3n) is 2.95. The summed E-state index contributed by atoms with van der Waals surface area (Å²) in [6.07, 6.45) is 2.42. The van der Waals surface area contributed by atoms with Crippen LogP contribution >= 0.6 is 0 Å². The first-order chi connectivity index (χ1) is 9.40. The summed E-state index contributed by atoms with van der Waals surface area (Å²) in [4.78, 5) is 44.2. The zero-order chi connectivity index (χ0) is 15.1. The van der Waals surface area contributed by atoms with Crippen molar-refractivity contribution in [2.75, 3.05) is 0 Å². The number of amides is 2. The van der Waals surface area contributed by atoms with Gasteiger partial charge < -0.3 is 20.9 Å². The lowest BCUT2D eigenvalue weighted by molar-refractivity contribution is -0.135. The SMILES string of the molecule is NC(=O)OC(=O)/C=C(\C(=O)OC(N)=O)C1CCCCC1. The second-order valence-electron chi connectivity index (χ2n) is 4.38. The van der Waals surface area contributed by atoms with Crippen LogP contribution in [0.15, 0.2) is 11.6 Å². The van der Waals surface area contributed by atoms with Crippen LogP contribution in [-0.2, 0) is 19.1 Å². The number of esters is 2. The third kappa shape index (κ3) is 5.09. The lowest BCUT2D eigenvalue weighted by Gasteiger charge is -2.22. The second-order valence-corrected chi connectivity index (χ2v) is 4.38. The van der Waals surface area contributed by atoms with Gasteiger partial charge in [0.25, 0.3) is 0 Å². The molecule has 110 valence electrons. The number of rotatable bonds is 3. The van der Waals surface area contributed by atoms with Crippen molar-refractivity contribution in [1.29, 1.82) is 0 Å². The molecule has 8 heteroatoms. The van der Waals surface area contributed by atoms with E-state index in [9.17, 15) is 19.2 Å². The summed E-state index contributed by atoms with van der Waals surface area (Å²) in [5.41, 5.74) is 9.44. The van der Waals surface area contributed by atoms with Gasteiger partial charge in [0.05, 0.1) is 0 Å². The standard InChI is InChI=1S/C12H16N2O6/c13-11(17)19-9(15)6-8(10(16)20-12(14)18)7-4-2-1-3-5-7/h6-7H,1-5H2,(H2,13,17)(H2,14,18)/b8-6-. The lowest BCUT2D eigenvalue weighted by atomic mass is 9.83. The van der Waals surface area contributed by atoms with Gasteiger partial charge in [0, 0.05) is 11.6 Å². The van der Waals surface area contributed by atoms with Crippen LogP contribution in [0.4, 0.5) is 9.59 Å². The summed E-state index contributed by atoms with van der Waals surface area (Å²) in [5, 5.41) is 0. The molecule has 1 aliphatic carbocycles. The Morgan fingerprint density at radius 3 is 1.95 bits per heavy atom. The van der Waals surface area contributed by atoms with Crippen molar-refractivity contribution in [2.45, 2.75) is 32.1 Å². The van der Waals surface area contributed by atoms with E-state index in [-0.39, 0.29) is 11.5 Å². The van der Waals surface area contributed by atoms with Crippen molar-refractivity contribution in [3.05, 3.63) is 11.6 Å². The Morgan fingerprint density at radius 2 is 1.45 bits per heavy atom. The van der Waals surface area contributed by atoms with E-state index in [4.69, 9.17) is 11.5 Å². The Bertz CT molecular complexity index is 451. The van der Waals surface area contributed by atoms with Gasteiger partial charge in [-0.15, -0.1) is 0 Å². The maximum Gasteiger partial charge on any atom is 0.412 e. The number of carbonyl (C=O) groups excluding carboxylic acids is 4. The van der Waals surface area contributed by atoms with Crippen LogP contribution in [0, 0.1) is 5.92 Å². The van der Waals surface area contributed by atoms with Crippen molar-refractivity contribution < 1.29 is 28.7 Å². The van der Waals surface area contributed by atoms with Crippen LogP contribution in [0.3, 0.4) is 0 Å². The van der Waals surface area contributed by atoms with Crippen molar-refractivity contribution in [3.8, 4) is 0 Å². The first-order valence-electron chi connectivity index (χ1n) is 6.14. The van der Waals surface area contributed by atoms with Crippen LogP contribution in [0.2, 0.25) is 0 Å². The molecule has 0 aromatic carbocycles. The molecule has 0 aromatic heterocycles. The molecule has 1 saturated carbocycles. The molecule has 1 rings (SSSR count). The van der Waals surface area contributed by atoms with Crippen molar-refractivity contribution in [3.63, 3.8) is 0 Å². The van der Waals surface area contributed by atoms with Crippen LogP contribution < -0.4 is 11.5 Å². The highest BCUT2D eigenvalue weighted by Gasteiger charge is 2.27. The lowest BCUT2D eigenvalue weighted by Crippen LogP contribution is -2.25. The predicted molar refractivity (Wildman–Crippen MR) is 66.0 cm³/mol. The fourth-order valence-electron chi connectivity index (χ4n) is 2.16. The molecule has 8 nitrogen and oxygen atoms in total. The van der Waals surface area contributed by atoms with E-state index >= 15 is 0 Å². The zero-order valence-corrected chi connectivity index (χ0v) is 10.8. The van der Waals surface area contributed by atoms with E-state index in [2.05, 4.69) is 9.47 Å². The summed E-state index contributed by atoms with van der Waals surface area (Å²) in [5.74, 6) is -2.33. The molecule has 0 bridgehead atoms. The van der Waals surface area contributed by atoms with Gasteiger partial charge in [-0.25, -0.2) is 19.2 Å². The Morgan fingerprint density at radius 1 is 0.900 bits per heavy atom. The molecule has 2 amide bonds. The van der Waals surface area contributed by atoms with Crippen molar-refractivity contribution in [1.82, 2.24) is 0 Å². The molecule has 0 atom stereocenters. The normalized spacial score (nSPS) is 16.3. The smallest absolute Gasteiger partial charge is 0.373 e. The maximum atomic E-state index is 11.8. The molecule has 0 aromatic rings. The number of nitrogens with two attached hydrogens (primary N) is 2. The minimum Gasteiger partial charge on any atom is -0.373 e. The van der Waals surface area contributed by atoms with Crippen LogP contribution in [0.25, 0.3) is 0 Å². The molecule has 0 unspecified atom stereocenters. The number of primary amides is 2. The van der Waals surface area contributed by atoms with Gasteiger partial charge in [-0.2, -0.15) is 0 Å². The molecular formula is C12H16N2O6. The van der Waals surface area contributed by atoms with Crippen LogP contribution in [0.1, 0.15) is 32.1 Å². The molecule has 20 heavy (non-hydrogen) atoms. The molecule has 0 saturated heterocycles. The predicted octanol–water partition coefficient (Wildman–Crippen LogP) is 0.737. The highest BCUT2D eigenvalue weighted by molar-refractivity contribution is 6.02. The van der Waals surface area contributed by atoms with E-state index in [1.54, 1.807) is 0 Å². The Balaban J connectivity index is 2.90. The van der Waals surface area contributed by atoms with E-state index in [1.807, 2.05) is 0 Å². The quantitative estimate of drug-likeness (QED) is 0.445. The number of carbonyl (C=O) groups is 4. The van der Waals surface area contributed by atoms with Gasteiger partial charge in [-0.05, 0) is 18.8 Å². The van der Waals surface area contributed by atoms with E-state index in [0.717, 1.165) is 25.3 Å². The molecule has 0 radical (unpaired) electrons. The summed E-state index contributed by atoms with van der Waals surface area (Å²) in [6.45, 7) is 0. The Kier molecular flexibility index (Phi) is 5.70. The molecule has 0 aliphatic heterocycles. The average molecular weight is 284 g/mol. The number of hydrogen-bond donors (Lipinski definition) is 2. The van der Waals surface area contributed by atoms with E-state index in [1.165, 1.54) is 0 Å². The molecule has 0 heterocycles. The Labute approximate surface area is 115 Å². The van der Waals surface area contributed by atoms with Crippen molar-refractivity contribution >= 4 is 24.1 Å². The van der Waals surface area contributed by atoms with Gasteiger partial charge in [-0.1, -0.05) is 19.3 Å². The van der Waals surface area contributed by atoms with Gasteiger partial charge in [0.15, 0.2) is 0 Å². The van der Waals surface area contributed by atoms with Crippen molar-refractivity contribution in [2.24, 2.45) is 17.4 Å². The molecule has 0 spiro atoms. The largest absolute Gasteiger partial charge is 0.412 e. The summed E-state index contributed by atoms with van der Waals surface area (Å²) < 4.78 is 8.41. The maximum absolute atomic E-state index is 11.8. The van der Waals surface area contributed by atoms with Gasteiger partial charge in [0.1, 0.15) is 0 Å². The third-order valence-corrected chi connectivity index (χ3v) is 2.95. The minimum absolute atomic E-state index is 0.0326. The number of ether oxygens (including phenoxy) is 2. The number of hydrogen-bond acceptors (Lipinski definition) is 6. The fraction of sp³-hybridized carbons (Fsp3) is 0.500. The molecule has 1 aliphatic rings.